The quantitative estimate of drug-likeness (QED) is 0.630. The van der Waals surface area contributed by atoms with Gasteiger partial charge in [0.15, 0.2) is 0 Å². The van der Waals surface area contributed by atoms with Crippen molar-refractivity contribution in [3.8, 4) is 0 Å². The monoisotopic (exact) mass is 393 g/mol. The fourth-order valence-electron chi connectivity index (χ4n) is 2.73. The van der Waals surface area contributed by atoms with Gasteiger partial charge >= 0.3 is 0 Å². The molecular weight excluding hydrogens is 374 g/mol. The number of pyridine rings is 1. The van der Waals surface area contributed by atoms with E-state index in [2.05, 4.69) is 15.6 Å². The molecule has 0 bridgehead atoms. The number of anilines is 1. The van der Waals surface area contributed by atoms with Gasteiger partial charge in [-0.25, -0.2) is 0 Å². The first-order chi connectivity index (χ1) is 13.6. The van der Waals surface area contributed by atoms with E-state index >= 15 is 0 Å². The predicted molar refractivity (Wildman–Crippen MR) is 110 cm³/mol. The van der Waals surface area contributed by atoms with Crippen LogP contribution in [0.3, 0.4) is 0 Å². The highest BCUT2D eigenvalue weighted by atomic mass is 35.5. The van der Waals surface area contributed by atoms with Crippen LogP contribution in [0.2, 0.25) is 5.02 Å². The third kappa shape index (κ3) is 5.66. The van der Waals surface area contributed by atoms with Crippen molar-refractivity contribution < 1.29 is 9.59 Å². The molecule has 0 aliphatic rings. The van der Waals surface area contributed by atoms with E-state index in [1.54, 1.807) is 24.4 Å². The number of benzene rings is 2. The van der Waals surface area contributed by atoms with Crippen molar-refractivity contribution in [2.24, 2.45) is 0 Å². The highest BCUT2D eigenvalue weighted by Crippen LogP contribution is 2.17. The van der Waals surface area contributed by atoms with Gasteiger partial charge in [0.05, 0.1) is 5.56 Å². The SMILES string of the molecule is O=C(CCc1cccc(Cl)c1)Nc1ccccc1CNC(=O)c1cccnc1. The van der Waals surface area contributed by atoms with Crippen LogP contribution in [0.5, 0.6) is 0 Å². The molecule has 0 saturated carbocycles. The largest absolute Gasteiger partial charge is 0.348 e. The summed E-state index contributed by atoms with van der Waals surface area (Å²) in [6, 6.07) is 18.3. The summed E-state index contributed by atoms with van der Waals surface area (Å²) in [6.07, 6.45) is 4.08. The van der Waals surface area contributed by atoms with Crippen molar-refractivity contribution in [3.63, 3.8) is 0 Å². The number of rotatable bonds is 7. The number of amides is 2. The average molecular weight is 394 g/mol. The zero-order valence-corrected chi connectivity index (χ0v) is 15.9. The molecule has 0 saturated heterocycles. The summed E-state index contributed by atoms with van der Waals surface area (Å²) in [4.78, 5) is 28.5. The zero-order valence-electron chi connectivity index (χ0n) is 15.2. The second kappa shape index (κ2) is 9.67. The lowest BCUT2D eigenvalue weighted by atomic mass is 10.1. The summed E-state index contributed by atoms with van der Waals surface area (Å²) in [5.74, 6) is -0.304. The van der Waals surface area contributed by atoms with Crippen LogP contribution < -0.4 is 10.6 Å². The minimum absolute atomic E-state index is 0.0917. The Morgan fingerprint density at radius 3 is 2.64 bits per heavy atom. The molecule has 3 aromatic rings. The molecule has 0 aliphatic carbocycles. The van der Waals surface area contributed by atoms with Crippen LogP contribution in [0, 0.1) is 0 Å². The third-order valence-corrected chi connectivity index (χ3v) is 4.42. The fourth-order valence-corrected chi connectivity index (χ4v) is 2.95. The summed E-state index contributed by atoms with van der Waals surface area (Å²) in [7, 11) is 0. The molecule has 0 radical (unpaired) electrons. The molecule has 0 unspecified atom stereocenters. The fraction of sp³-hybridized carbons (Fsp3) is 0.136. The standard InChI is InChI=1S/C22H20ClN3O2/c23-19-8-3-5-16(13-19)10-11-21(27)26-20-9-2-1-6-17(20)15-25-22(28)18-7-4-12-24-14-18/h1-9,12-14H,10-11,15H2,(H,25,28)(H,26,27). The van der Waals surface area contributed by atoms with Crippen molar-refractivity contribution in [3.05, 3.63) is 94.8 Å². The van der Waals surface area contributed by atoms with E-state index in [9.17, 15) is 9.59 Å². The molecule has 28 heavy (non-hydrogen) atoms. The number of hydrogen-bond donors (Lipinski definition) is 2. The van der Waals surface area contributed by atoms with Gasteiger partial charge in [-0.15, -0.1) is 0 Å². The van der Waals surface area contributed by atoms with Crippen LogP contribution in [-0.2, 0) is 17.8 Å². The first-order valence-corrected chi connectivity index (χ1v) is 9.30. The molecule has 0 fully saturated rings. The van der Waals surface area contributed by atoms with Gasteiger partial charge in [-0.2, -0.15) is 0 Å². The summed E-state index contributed by atoms with van der Waals surface area (Å²) in [5.41, 5.74) is 3.02. The second-order valence-electron chi connectivity index (χ2n) is 6.26. The number of nitrogens with zero attached hydrogens (tertiary/aromatic N) is 1. The Morgan fingerprint density at radius 2 is 1.86 bits per heavy atom. The minimum Gasteiger partial charge on any atom is -0.348 e. The Balaban J connectivity index is 1.57. The third-order valence-electron chi connectivity index (χ3n) is 4.18. The molecule has 3 rings (SSSR count). The van der Waals surface area contributed by atoms with Gasteiger partial charge < -0.3 is 10.6 Å². The van der Waals surface area contributed by atoms with Crippen molar-refractivity contribution in [1.29, 1.82) is 0 Å². The van der Waals surface area contributed by atoms with Gasteiger partial charge in [-0.1, -0.05) is 41.9 Å². The molecule has 2 aromatic carbocycles. The number of carbonyl (C=O) groups excluding carboxylic acids is 2. The molecule has 0 aliphatic heterocycles. The first-order valence-electron chi connectivity index (χ1n) is 8.92. The smallest absolute Gasteiger partial charge is 0.253 e. The van der Waals surface area contributed by atoms with Crippen molar-refractivity contribution in [1.82, 2.24) is 10.3 Å². The van der Waals surface area contributed by atoms with Gasteiger partial charge in [0, 0.05) is 36.1 Å². The van der Waals surface area contributed by atoms with Gasteiger partial charge in [-0.3, -0.25) is 14.6 Å². The first kappa shape index (κ1) is 19.6. The number of hydrogen-bond acceptors (Lipinski definition) is 3. The van der Waals surface area contributed by atoms with E-state index in [0.717, 1.165) is 11.1 Å². The van der Waals surface area contributed by atoms with E-state index < -0.39 is 0 Å². The maximum atomic E-state index is 12.3. The molecule has 142 valence electrons. The van der Waals surface area contributed by atoms with Crippen molar-refractivity contribution >= 4 is 29.1 Å². The van der Waals surface area contributed by atoms with Crippen molar-refractivity contribution in [2.45, 2.75) is 19.4 Å². The normalized spacial score (nSPS) is 10.3. The van der Waals surface area contributed by atoms with E-state index in [4.69, 9.17) is 11.6 Å². The lowest BCUT2D eigenvalue weighted by molar-refractivity contribution is -0.116. The molecule has 5 nitrogen and oxygen atoms in total. The second-order valence-corrected chi connectivity index (χ2v) is 6.70. The number of aromatic nitrogens is 1. The molecule has 1 aromatic heterocycles. The number of halogens is 1. The van der Waals surface area contributed by atoms with E-state index in [1.165, 1.54) is 6.20 Å². The van der Waals surface area contributed by atoms with Gasteiger partial charge in [-0.05, 0) is 47.9 Å². The molecular formula is C22H20ClN3O2. The Kier molecular flexibility index (Phi) is 6.76. The Hall–Kier alpha value is -3.18. The summed E-state index contributed by atoms with van der Waals surface area (Å²) >= 11 is 5.98. The average Bonchev–Trinajstić information content (AvgIpc) is 2.72. The summed E-state index contributed by atoms with van der Waals surface area (Å²) in [5, 5.41) is 6.43. The number of aryl methyl sites for hydroxylation is 1. The topological polar surface area (TPSA) is 71.1 Å². The Labute approximate surface area is 168 Å². The lowest BCUT2D eigenvalue weighted by Gasteiger charge is -2.12. The van der Waals surface area contributed by atoms with Crippen LogP contribution in [0.1, 0.15) is 27.9 Å². The Bertz CT molecular complexity index is 961. The van der Waals surface area contributed by atoms with E-state index in [0.29, 0.717) is 35.7 Å². The van der Waals surface area contributed by atoms with Crippen LogP contribution in [0.25, 0.3) is 0 Å². The highest BCUT2D eigenvalue weighted by Gasteiger charge is 2.10. The van der Waals surface area contributed by atoms with Crippen LogP contribution in [0.4, 0.5) is 5.69 Å². The van der Waals surface area contributed by atoms with Gasteiger partial charge in [0.2, 0.25) is 5.91 Å². The molecule has 1 heterocycles. The van der Waals surface area contributed by atoms with E-state index in [1.807, 2.05) is 42.5 Å². The zero-order chi connectivity index (χ0) is 19.8. The number of para-hydroxylation sites is 1. The molecule has 6 heteroatoms. The maximum Gasteiger partial charge on any atom is 0.253 e. The van der Waals surface area contributed by atoms with Crippen molar-refractivity contribution in [2.75, 3.05) is 5.32 Å². The minimum atomic E-state index is -0.213. The molecule has 2 amide bonds. The predicted octanol–water partition coefficient (Wildman–Crippen LogP) is 4.24. The highest BCUT2D eigenvalue weighted by molar-refractivity contribution is 6.30. The van der Waals surface area contributed by atoms with Crippen LogP contribution in [0.15, 0.2) is 73.1 Å². The van der Waals surface area contributed by atoms with E-state index in [-0.39, 0.29) is 11.8 Å². The Morgan fingerprint density at radius 1 is 1.00 bits per heavy atom. The number of nitrogens with one attached hydrogen (secondary N) is 2. The lowest BCUT2D eigenvalue weighted by Crippen LogP contribution is -2.24. The summed E-state index contributed by atoms with van der Waals surface area (Å²) in [6.45, 7) is 0.304. The van der Waals surface area contributed by atoms with Crippen LogP contribution >= 0.6 is 11.6 Å². The van der Waals surface area contributed by atoms with Gasteiger partial charge in [0.1, 0.15) is 0 Å². The number of carbonyl (C=O) groups is 2. The maximum absolute atomic E-state index is 12.3. The van der Waals surface area contributed by atoms with Crippen LogP contribution in [-0.4, -0.2) is 16.8 Å². The molecule has 2 N–H and O–H groups in total. The summed E-state index contributed by atoms with van der Waals surface area (Å²) < 4.78 is 0. The molecule has 0 spiro atoms. The van der Waals surface area contributed by atoms with Gasteiger partial charge in [0.25, 0.3) is 5.91 Å². The molecule has 0 atom stereocenters.